The highest BCUT2D eigenvalue weighted by molar-refractivity contribution is 5.85. The van der Waals surface area contributed by atoms with Gasteiger partial charge < -0.3 is 10.2 Å². The molecule has 1 N–H and O–H groups in total. The molecule has 2 aliphatic rings. The van der Waals surface area contributed by atoms with Crippen molar-refractivity contribution in [3.8, 4) is 0 Å². The lowest BCUT2D eigenvalue weighted by atomic mass is 9.77. The molecule has 1 unspecified atom stereocenters. The monoisotopic (exact) mass is 302 g/mol. The Morgan fingerprint density at radius 1 is 1.15 bits per heavy atom. The molecule has 0 aromatic heterocycles. The van der Waals surface area contributed by atoms with Crippen LogP contribution in [0.3, 0.4) is 0 Å². The first kappa shape index (κ1) is 17.8. The molecular formula is C16H31ClN2O. The van der Waals surface area contributed by atoms with Gasteiger partial charge in [0.15, 0.2) is 0 Å². The largest absolute Gasteiger partial charge is 0.342 e. The van der Waals surface area contributed by atoms with E-state index in [4.69, 9.17) is 0 Å². The Hall–Kier alpha value is -0.280. The molecule has 0 bridgehead atoms. The molecule has 118 valence electrons. The molecule has 2 rings (SSSR count). The molecule has 1 saturated heterocycles. The fourth-order valence-corrected chi connectivity index (χ4v) is 3.03. The summed E-state index contributed by atoms with van der Waals surface area (Å²) < 4.78 is 0. The number of hydrogen-bond donors (Lipinski definition) is 1. The Labute approximate surface area is 130 Å². The normalized spacial score (nSPS) is 23.9. The zero-order valence-corrected chi connectivity index (χ0v) is 14.1. The molecule has 3 nitrogen and oxygen atoms in total. The molecule has 0 aromatic rings. The highest BCUT2D eigenvalue weighted by atomic mass is 35.5. The first-order valence-corrected chi connectivity index (χ1v) is 7.95. The van der Waals surface area contributed by atoms with Crippen molar-refractivity contribution in [3.63, 3.8) is 0 Å². The summed E-state index contributed by atoms with van der Waals surface area (Å²) >= 11 is 0. The molecule has 0 radical (unpaired) electrons. The van der Waals surface area contributed by atoms with Crippen molar-refractivity contribution in [3.05, 3.63) is 0 Å². The Morgan fingerprint density at radius 3 is 2.45 bits per heavy atom. The Morgan fingerprint density at radius 2 is 1.85 bits per heavy atom. The maximum Gasteiger partial charge on any atom is 0.236 e. The van der Waals surface area contributed by atoms with Crippen molar-refractivity contribution < 1.29 is 4.79 Å². The van der Waals surface area contributed by atoms with Crippen molar-refractivity contribution in [2.45, 2.75) is 52.9 Å². The molecule has 1 saturated carbocycles. The van der Waals surface area contributed by atoms with E-state index in [9.17, 15) is 4.79 Å². The number of halogens is 1. The van der Waals surface area contributed by atoms with Crippen molar-refractivity contribution in [1.82, 2.24) is 10.2 Å². The molecule has 0 aromatic carbocycles. The Kier molecular flexibility index (Phi) is 6.80. The van der Waals surface area contributed by atoms with Gasteiger partial charge in [-0.25, -0.2) is 0 Å². The van der Waals surface area contributed by atoms with E-state index in [2.05, 4.69) is 31.0 Å². The zero-order valence-electron chi connectivity index (χ0n) is 13.3. The molecule has 4 heteroatoms. The van der Waals surface area contributed by atoms with Gasteiger partial charge in [-0.15, -0.1) is 12.4 Å². The van der Waals surface area contributed by atoms with Gasteiger partial charge in [0.2, 0.25) is 5.91 Å². The van der Waals surface area contributed by atoms with Gasteiger partial charge in [0, 0.05) is 13.1 Å². The number of amides is 1. The number of carbonyl (C=O) groups is 1. The SMILES string of the molecule is CC(C)(C)C1CCCN(C(=O)CNCC2CC2)CC1.Cl. The molecule has 1 heterocycles. The van der Waals surface area contributed by atoms with Crippen LogP contribution in [0.5, 0.6) is 0 Å². The van der Waals surface area contributed by atoms with Gasteiger partial charge in [-0.05, 0) is 55.9 Å². The third kappa shape index (κ3) is 5.61. The molecule has 0 spiro atoms. The molecule has 1 atom stereocenters. The van der Waals surface area contributed by atoms with Crippen LogP contribution in [0.1, 0.15) is 52.9 Å². The van der Waals surface area contributed by atoms with Gasteiger partial charge in [-0.1, -0.05) is 20.8 Å². The van der Waals surface area contributed by atoms with E-state index < -0.39 is 0 Å². The highest BCUT2D eigenvalue weighted by Crippen LogP contribution is 2.34. The lowest BCUT2D eigenvalue weighted by molar-refractivity contribution is -0.130. The second kappa shape index (κ2) is 7.65. The fourth-order valence-electron chi connectivity index (χ4n) is 3.03. The van der Waals surface area contributed by atoms with E-state index in [0.717, 1.165) is 44.3 Å². The average Bonchev–Trinajstić information content (AvgIpc) is 3.13. The van der Waals surface area contributed by atoms with Gasteiger partial charge >= 0.3 is 0 Å². The summed E-state index contributed by atoms with van der Waals surface area (Å²) in [5, 5.41) is 3.32. The van der Waals surface area contributed by atoms with Crippen molar-refractivity contribution in [1.29, 1.82) is 0 Å². The van der Waals surface area contributed by atoms with E-state index in [1.54, 1.807) is 0 Å². The smallest absolute Gasteiger partial charge is 0.236 e. The third-order valence-corrected chi connectivity index (χ3v) is 4.71. The summed E-state index contributed by atoms with van der Waals surface area (Å²) in [7, 11) is 0. The first-order valence-electron chi connectivity index (χ1n) is 7.95. The number of rotatable bonds is 4. The zero-order chi connectivity index (χ0) is 13.9. The van der Waals surface area contributed by atoms with Crippen molar-refractivity contribution in [2.75, 3.05) is 26.2 Å². The molecule has 20 heavy (non-hydrogen) atoms. The highest BCUT2D eigenvalue weighted by Gasteiger charge is 2.28. The topological polar surface area (TPSA) is 32.3 Å². The van der Waals surface area contributed by atoms with E-state index in [1.165, 1.54) is 19.3 Å². The van der Waals surface area contributed by atoms with Gasteiger partial charge in [0.1, 0.15) is 0 Å². The van der Waals surface area contributed by atoms with Crippen LogP contribution in [0.25, 0.3) is 0 Å². The van der Waals surface area contributed by atoms with Crippen LogP contribution >= 0.6 is 12.4 Å². The summed E-state index contributed by atoms with van der Waals surface area (Å²) in [6.45, 7) is 10.5. The van der Waals surface area contributed by atoms with Crippen LogP contribution in [0.15, 0.2) is 0 Å². The predicted molar refractivity (Wildman–Crippen MR) is 86.2 cm³/mol. The van der Waals surface area contributed by atoms with E-state index in [1.807, 2.05) is 0 Å². The number of carbonyl (C=O) groups excluding carboxylic acids is 1. The molecule has 1 aliphatic carbocycles. The molecule has 2 fully saturated rings. The summed E-state index contributed by atoms with van der Waals surface area (Å²) in [6, 6.07) is 0. The van der Waals surface area contributed by atoms with Crippen LogP contribution in [0.2, 0.25) is 0 Å². The minimum Gasteiger partial charge on any atom is -0.342 e. The van der Waals surface area contributed by atoms with E-state index >= 15 is 0 Å². The number of likely N-dealkylation sites (tertiary alicyclic amines) is 1. The second-order valence-electron chi connectivity index (χ2n) is 7.45. The van der Waals surface area contributed by atoms with Crippen LogP contribution < -0.4 is 5.32 Å². The van der Waals surface area contributed by atoms with E-state index in [0.29, 0.717) is 17.9 Å². The van der Waals surface area contributed by atoms with Crippen molar-refractivity contribution >= 4 is 18.3 Å². The quantitative estimate of drug-likeness (QED) is 0.865. The number of hydrogen-bond acceptors (Lipinski definition) is 2. The Bertz CT molecular complexity index is 310. The lowest BCUT2D eigenvalue weighted by Crippen LogP contribution is -2.39. The van der Waals surface area contributed by atoms with Gasteiger partial charge in [0.25, 0.3) is 0 Å². The van der Waals surface area contributed by atoms with E-state index in [-0.39, 0.29) is 12.4 Å². The first-order chi connectivity index (χ1) is 8.97. The maximum atomic E-state index is 12.2. The average molecular weight is 303 g/mol. The summed E-state index contributed by atoms with van der Waals surface area (Å²) in [4.78, 5) is 14.2. The number of nitrogens with one attached hydrogen (secondary N) is 1. The second-order valence-corrected chi connectivity index (χ2v) is 7.45. The molecule has 1 aliphatic heterocycles. The van der Waals surface area contributed by atoms with Crippen LogP contribution in [0, 0.1) is 17.3 Å². The van der Waals surface area contributed by atoms with Crippen LogP contribution in [-0.2, 0) is 4.79 Å². The van der Waals surface area contributed by atoms with Crippen molar-refractivity contribution in [2.24, 2.45) is 17.3 Å². The van der Waals surface area contributed by atoms with Gasteiger partial charge in [0.05, 0.1) is 6.54 Å². The van der Waals surface area contributed by atoms with Crippen LogP contribution in [0.4, 0.5) is 0 Å². The summed E-state index contributed by atoms with van der Waals surface area (Å²) in [5.41, 5.74) is 0.378. The van der Waals surface area contributed by atoms with Gasteiger partial charge in [-0.2, -0.15) is 0 Å². The minimum absolute atomic E-state index is 0. The standard InChI is InChI=1S/C16H30N2O.ClH/c1-16(2,3)14-5-4-9-18(10-8-14)15(19)12-17-11-13-6-7-13;/h13-14,17H,4-12H2,1-3H3;1H. The number of nitrogens with zero attached hydrogens (tertiary/aromatic N) is 1. The molecule has 1 amide bonds. The van der Waals surface area contributed by atoms with Gasteiger partial charge in [-0.3, -0.25) is 4.79 Å². The fraction of sp³-hybridized carbons (Fsp3) is 0.938. The lowest BCUT2D eigenvalue weighted by Gasteiger charge is -2.29. The Balaban J connectivity index is 0.00000200. The third-order valence-electron chi connectivity index (χ3n) is 4.71. The maximum absolute atomic E-state index is 12.2. The molecular weight excluding hydrogens is 272 g/mol. The minimum atomic E-state index is 0. The van der Waals surface area contributed by atoms with Crippen LogP contribution in [-0.4, -0.2) is 37.0 Å². The predicted octanol–water partition coefficient (Wildman–Crippen LogP) is 3.08. The summed E-state index contributed by atoms with van der Waals surface area (Å²) in [5.74, 6) is 1.90. The summed E-state index contributed by atoms with van der Waals surface area (Å²) in [6.07, 6.45) is 6.29.